The zero-order valence-corrected chi connectivity index (χ0v) is 16.7. The summed E-state index contributed by atoms with van der Waals surface area (Å²) in [4.78, 5) is 12.6. The van der Waals surface area contributed by atoms with E-state index in [1.54, 1.807) is 50.2 Å². The lowest BCUT2D eigenvalue weighted by atomic mass is 9.97. The van der Waals surface area contributed by atoms with Gasteiger partial charge in [-0.3, -0.25) is 9.52 Å². The summed E-state index contributed by atoms with van der Waals surface area (Å²) < 4.78 is 38.8. The molecule has 1 heterocycles. The molecule has 1 amide bonds. The Labute approximate surface area is 164 Å². The number of halogens is 1. The van der Waals surface area contributed by atoms with Gasteiger partial charge < -0.3 is 0 Å². The van der Waals surface area contributed by atoms with E-state index in [9.17, 15) is 17.6 Å². The van der Waals surface area contributed by atoms with E-state index in [0.29, 0.717) is 23.4 Å². The Balaban J connectivity index is 1.91. The van der Waals surface area contributed by atoms with Gasteiger partial charge in [-0.05, 0) is 35.4 Å². The molecule has 0 fully saturated rings. The van der Waals surface area contributed by atoms with Crippen molar-refractivity contribution >= 4 is 27.3 Å². The average molecular weight is 403 g/mol. The predicted octanol–water partition coefficient (Wildman–Crippen LogP) is 3.53. The van der Waals surface area contributed by atoms with Gasteiger partial charge in [0.05, 0.1) is 18.0 Å². The van der Waals surface area contributed by atoms with Crippen LogP contribution in [0, 0.1) is 11.7 Å². The van der Waals surface area contributed by atoms with E-state index in [-0.39, 0.29) is 23.7 Å². The van der Waals surface area contributed by atoms with Crippen LogP contribution in [0.5, 0.6) is 0 Å². The van der Waals surface area contributed by atoms with Crippen molar-refractivity contribution in [2.75, 3.05) is 11.0 Å². The van der Waals surface area contributed by atoms with Gasteiger partial charge in [-0.25, -0.2) is 17.8 Å². The summed E-state index contributed by atoms with van der Waals surface area (Å²) in [7, 11) is -3.36. The van der Waals surface area contributed by atoms with E-state index < -0.39 is 10.0 Å². The minimum atomic E-state index is -3.36. The lowest BCUT2D eigenvalue weighted by Gasteiger charge is -2.23. The standard InChI is InChI=1S/C20H22FN3O3S/c1-13(2)20(25)24-19(15-5-4-6-16(21)11-15)12-18(22-24)14-7-9-17(10-8-14)23-28(3,26)27/h4-11,13,19,23H,12H2,1-3H3/t19-/m0/s1. The number of nitrogens with one attached hydrogen (secondary N) is 1. The highest BCUT2D eigenvalue weighted by molar-refractivity contribution is 7.92. The van der Waals surface area contributed by atoms with Gasteiger partial charge in [0.2, 0.25) is 15.9 Å². The summed E-state index contributed by atoms with van der Waals surface area (Å²) in [5.41, 5.74) is 2.60. The predicted molar refractivity (Wildman–Crippen MR) is 107 cm³/mol. The van der Waals surface area contributed by atoms with Crippen molar-refractivity contribution in [1.29, 1.82) is 0 Å². The molecule has 0 saturated heterocycles. The van der Waals surface area contributed by atoms with Crippen molar-refractivity contribution in [3.05, 3.63) is 65.5 Å². The first kappa shape index (κ1) is 20.0. The number of hydrogen-bond donors (Lipinski definition) is 1. The zero-order chi connectivity index (χ0) is 20.5. The van der Waals surface area contributed by atoms with Crippen molar-refractivity contribution in [2.45, 2.75) is 26.3 Å². The maximum atomic E-state index is 13.7. The van der Waals surface area contributed by atoms with Crippen molar-refractivity contribution in [2.24, 2.45) is 11.0 Å². The average Bonchev–Trinajstić information content (AvgIpc) is 3.05. The molecule has 0 radical (unpaired) electrons. The topological polar surface area (TPSA) is 78.8 Å². The molecule has 1 aliphatic heterocycles. The first-order valence-corrected chi connectivity index (χ1v) is 10.8. The first-order valence-electron chi connectivity index (χ1n) is 8.88. The number of carbonyl (C=O) groups is 1. The summed E-state index contributed by atoms with van der Waals surface area (Å²) in [5.74, 6) is -0.751. The Morgan fingerprint density at radius 2 is 1.89 bits per heavy atom. The largest absolute Gasteiger partial charge is 0.284 e. The Morgan fingerprint density at radius 1 is 1.21 bits per heavy atom. The van der Waals surface area contributed by atoms with E-state index in [1.807, 2.05) is 0 Å². The van der Waals surface area contributed by atoms with Gasteiger partial charge in [0.15, 0.2) is 0 Å². The fourth-order valence-corrected chi connectivity index (χ4v) is 3.64. The molecule has 3 rings (SSSR count). The Bertz CT molecular complexity index is 1020. The van der Waals surface area contributed by atoms with Crippen LogP contribution in [0.15, 0.2) is 53.6 Å². The van der Waals surface area contributed by atoms with Crippen LogP contribution in [0.4, 0.5) is 10.1 Å². The second-order valence-electron chi connectivity index (χ2n) is 7.11. The number of carbonyl (C=O) groups excluding carboxylic acids is 1. The Kier molecular flexibility index (Phi) is 5.51. The second-order valence-corrected chi connectivity index (χ2v) is 8.86. The summed E-state index contributed by atoms with van der Waals surface area (Å²) in [6.07, 6.45) is 1.53. The molecule has 1 N–H and O–H groups in total. The molecule has 28 heavy (non-hydrogen) atoms. The highest BCUT2D eigenvalue weighted by Crippen LogP contribution is 2.34. The van der Waals surface area contributed by atoms with Crippen LogP contribution < -0.4 is 4.72 Å². The van der Waals surface area contributed by atoms with Crippen LogP contribution in [0.25, 0.3) is 0 Å². The first-order chi connectivity index (χ1) is 13.1. The molecule has 1 aliphatic rings. The van der Waals surface area contributed by atoms with Gasteiger partial charge in [0, 0.05) is 18.0 Å². The molecule has 0 bridgehead atoms. The molecule has 2 aromatic carbocycles. The van der Waals surface area contributed by atoms with Crippen LogP contribution in [-0.2, 0) is 14.8 Å². The Morgan fingerprint density at radius 3 is 2.46 bits per heavy atom. The molecular formula is C20H22FN3O3S. The zero-order valence-electron chi connectivity index (χ0n) is 15.9. The molecule has 2 aromatic rings. The van der Waals surface area contributed by atoms with Crippen molar-refractivity contribution < 1.29 is 17.6 Å². The highest BCUT2D eigenvalue weighted by atomic mass is 32.2. The van der Waals surface area contributed by atoms with E-state index in [4.69, 9.17) is 0 Å². The number of rotatable bonds is 5. The summed E-state index contributed by atoms with van der Waals surface area (Å²) >= 11 is 0. The van der Waals surface area contributed by atoms with Gasteiger partial charge in [0.1, 0.15) is 5.82 Å². The SMILES string of the molecule is CC(C)C(=O)N1N=C(c2ccc(NS(C)(=O)=O)cc2)C[C@H]1c1cccc(F)c1. The molecule has 148 valence electrons. The van der Waals surface area contributed by atoms with Crippen molar-refractivity contribution in [3.63, 3.8) is 0 Å². The van der Waals surface area contributed by atoms with E-state index >= 15 is 0 Å². The van der Waals surface area contributed by atoms with Gasteiger partial charge in [0.25, 0.3) is 0 Å². The van der Waals surface area contributed by atoms with Crippen LogP contribution in [0.3, 0.4) is 0 Å². The van der Waals surface area contributed by atoms with Gasteiger partial charge in [-0.1, -0.05) is 38.1 Å². The molecule has 8 heteroatoms. The maximum absolute atomic E-state index is 13.7. The quantitative estimate of drug-likeness (QED) is 0.829. The molecule has 0 saturated carbocycles. The number of hydrazone groups is 1. The summed E-state index contributed by atoms with van der Waals surface area (Å²) in [5, 5.41) is 5.94. The minimum absolute atomic E-state index is 0.139. The fraction of sp³-hybridized carbons (Fsp3) is 0.300. The minimum Gasteiger partial charge on any atom is -0.284 e. The number of hydrogen-bond acceptors (Lipinski definition) is 4. The molecular weight excluding hydrogens is 381 g/mol. The molecule has 6 nitrogen and oxygen atoms in total. The number of amides is 1. The molecule has 0 spiro atoms. The van der Waals surface area contributed by atoms with Crippen molar-refractivity contribution in [1.82, 2.24) is 5.01 Å². The van der Waals surface area contributed by atoms with Gasteiger partial charge in [-0.15, -0.1) is 0 Å². The van der Waals surface area contributed by atoms with Crippen LogP contribution in [-0.4, -0.2) is 31.3 Å². The highest BCUT2D eigenvalue weighted by Gasteiger charge is 2.34. The normalized spacial score (nSPS) is 17.0. The van der Waals surface area contributed by atoms with E-state index in [1.165, 1.54) is 17.1 Å². The number of anilines is 1. The van der Waals surface area contributed by atoms with E-state index in [2.05, 4.69) is 9.82 Å². The Hall–Kier alpha value is -2.74. The third-order valence-electron chi connectivity index (χ3n) is 4.38. The smallest absolute Gasteiger partial charge is 0.245 e. The maximum Gasteiger partial charge on any atom is 0.245 e. The van der Waals surface area contributed by atoms with E-state index in [0.717, 1.165) is 11.8 Å². The van der Waals surface area contributed by atoms with Crippen LogP contribution in [0.1, 0.15) is 37.4 Å². The van der Waals surface area contributed by atoms with Crippen LogP contribution >= 0.6 is 0 Å². The third-order valence-corrected chi connectivity index (χ3v) is 4.99. The van der Waals surface area contributed by atoms with Crippen molar-refractivity contribution in [3.8, 4) is 0 Å². The number of benzene rings is 2. The molecule has 0 aliphatic carbocycles. The monoisotopic (exact) mass is 403 g/mol. The molecule has 0 unspecified atom stereocenters. The summed E-state index contributed by atoms with van der Waals surface area (Å²) in [6.45, 7) is 3.59. The fourth-order valence-electron chi connectivity index (χ4n) is 3.07. The summed E-state index contributed by atoms with van der Waals surface area (Å²) in [6, 6.07) is 12.6. The number of nitrogens with zero attached hydrogens (tertiary/aromatic N) is 2. The third kappa shape index (κ3) is 4.56. The lowest BCUT2D eigenvalue weighted by Crippen LogP contribution is -2.30. The van der Waals surface area contributed by atoms with Gasteiger partial charge in [-0.2, -0.15) is 5.10 Å². The van der Waals surface area contributed by atoms with Crippen LogP contribution in [0.2, 0.25) is 0 Å². The number of sulfonamides is 1. The van der Waals surface area contributed by atoms with Gasteiger partial charge >= 0.3 is 0 Å². The molecule has 0 aromatic heterocycles. The molecule has 1 atom stereocenters. The lowest BCUT2D eigenvalue weighted by molar-refractivity contribution is -0.136. The second kappa shape index (κ2) is 7.71.